The Bertz CT molecular complexity index is 931. The van der Waals surface area contributed by atoms with Crippen LogP contribution in [0.3, 0.4) is 0 Å². The van der Waals surface area contributed by atoms with E-state index in [2.05, 4.69) is 44.6 Å². The number of carbonyl (C=O) groups excluding carboxylic acids is 1. The van der Waals surface area contributed by atoms with Crippen LogP contribution >= 0.6 is 22.7 Å². The molecule has 1 fully saturated rings. The maximum atomic E-state index is 12.9. The number of thiophene rings is 1. The highest BCUT2D eigenvalue weighted by Crippen LogP contribution is 2.30. The lowest BCUT2D eigenvalue weighted by Crippen LogP contribution is -2.41. The van der Waals surface area contributed by atoms with Gasteiger partial charge in [0.2, 0.25) is 0 Å². The highest BCUT2D eigenvalue weighted by molar-refractivity contribution is 7.17. The number of aryl methyl sites for hydroxylation is 1. The van der Waals surface area contributed by atoms with E-state index in [9.17, 15) is 4.79 Å². The molecular weight excluding hydrogens is 400 g/mol. The third-order valence-corrected chi connectivity index (χ3v) is 7.63. The lowest BCUT2D eigenvalue weighted by Gasteiger charge is -2.36. The number of hydrogen-bond donors (Lipinski definition) is 1. The molecule has 0 aromatic carbocycles. The first-order chi connectivity index (χ1) is 14.1. The number of carbonyl (C=O) groups is 1. The molecule has 3 aromatic heterocycles. The predicted molar refractivity (Wildman–Crippen MR) is 119 cm³/mol. The summed E-state index contributed by atoms with van der Waals surface area (Å²) >= 11 is 3.18. The fourth-order valence-corrected chi connectivity index (χ4v) is 5.53. The highest BCUT2D eigenvalue weighted by Gasteiger charge is 2.26. The van der Waals surface area contributed by atoms with Crippen molar-refractivity contribution in [3.63, 3.8) is 0 Å². The topological polar surface area (TPSA) is 58.1 Å². The summed E-state index contributed by atoms with van der Waals surface area (Å²) in [6.07, 6.45) is 4.19. The number of piperidine rings is 1. The number of thiazole rings is 1. The van der Waals surface area contributed by atoms with Gasteiger partial charge < -0.3 is 5.32 Å². The van der Waals surface area contributed by atoms with E-state index in [0.717, 1.165) is 35.4 Å². The van der Waals surface area contributed by atoms with E-state index in [-0.39, 0.29) is 11.9 Å². The monoisotopic (exact) mass is 426 g/mol. The number of nitrogens with zero attached hydrogens (tertiary/aromatic N) is 3. The summed E-state index contributed by atoms with van der Waals surface area (Å²) in [5.41, 5.74) is 1.56. The molecule has 0 radical (unpaired) electrons. The van der Waals surface area contributed by atoms with Crippen LogP contribution < -0.4 is 5.32 Å². The number of aromatic nitrogens is 2. The minimum Gasteiger partial charge on any atom is -0.349 e. The second-order valence-electron chi connectivity index (χ2n) is 7.61. The lowest BCUT2D eigenvalue weighted by molar-refractivity contribution is 0.0918. The highest BCUT2D eigenvalue weighted by atomic mass is 32.1. The minimum atomic E-state index is -0.0471. The van der Waals surface area contributed by atoms with Gasteiger partial charge in [0.25, 0.3) is 5.91 Å². The summed E-state index contributed by atoms with van der Waals surface area (Å²) in [5.74, 6) is 0.740. The van der Waals surface area contributed by atoms with Crippen molar-refractivity contribution in [1.82, 2.24) is 20.2 Å². The largest absolute Gasteiger partial charge is 0.349 e. The van der Waals surface area contributed by atoms with Crippen LogP contribution in [0.5, 0.6) is 0 Å². The van der Waals surface area contributed by atoms with Gasteiger partial charge in [-0.1, -0.05) is 19.1 Å². The van der Waals surface area contributed by atoms with E-state index >= 15 is 0 Å². The number of hydrogen-bond acceptors (Lipinski definition) is 6. The Morgan fingerprint density at radius 2 is 2.10 bits per heavy atom. The average molecular weight is 427 g/mol. The van der Waals surface area contributed by atoms with Crippen molar-refractivity contribution in [3.05, 3.63) is 57.4 Å². The van der Waals surface area contributed by atoms with E-state index < -0.39 is 0 Å². The van der Waals surface area contributed by atoms with Crippen molar-refractivity contribution in [2.75, 3.05) is 19.6 Å². The molecule has 1 atom stereocenters. The number of amides is 1. The number of rotatable bonds is 6. The van der Waals surface area contributed by atoms with Crippen LogP contribution in [0.15, 0.2) is 41.9 Å². The van der Waals surface area contributed by atoms with Gasteiger partial charge in [0.05, 0.1) is 17.4 Å². The van der Waals surface area contributed by atoms with Crippen LogP contribution in [0.25, 0.3) is 10.7 Å². The molecule has 0 unspecified atom stereocenters. The second kappa shape index (κ2) is 9.15. The SMILES string of the molecule is Cc1nc(-c2ccccn2)sc1C(=O)NC[C@@H](c1cccs1)N1CCC(C)CC1. The van der Waals surface area contributed by atoms with Gasteiger partial charge in [0.1, 0.15) is 9.88 Å². The van der Waals surface area contributed by atoms with Crippen molar-refractivity contribution in [2.45, 2.75) is 32.7 Å². The van der Waals surface area contributed by atoms with E-state index in [1.54, 1.807) is 17.5 Å². The molecule has 0 aliphatic carbocycles. The molecule has 1 aliphatic rings. The molecule has 3 aromatic rings. The molecular formula is C22H26N4OS2. The summed E-state index contributed by atoms with van der Waals surface area (Å²) in [5, 5.41) is 6.08. The van der Waals surface area contributed by atoms with Crippen molar-refractivity contribution in [3.8, 4) is 10.7 Å². The molecule has 4 heterocycles. The van der Waals surface area contributed by atoms with E-state index in [4.69, 9.17) is 0 Å². The van der Waals surface area contributed by atoms with Crippen molar-refractivity contribution >= 4 is 28.6 Å². The minimum absolute atomic E-state index is 0.0471. The molecule has 7 heteroatoms. The smallest absolute Gasteiger partial charge is 0.263 e. The second-order valence-corrected chi connectivity index (χ2v) is 9.59. The maximum absolute atomic E-state index is 12.9. The molecule has 4 rings (SSSR count). The molecule has 0 bridgehead atoms. The van der Waals surface area contributed by atoms with Crippen LogP contribution in [0.1, 0.15) is 46.0 Å². The molecule has 0 saturated carbocycles. The van der Waals surface area contributed by atoms with Crippen LogP contribution in [0, 0.1) is 12.8 Å². The summed E-state index contributed by atoms with van der Waals surface area (Å²) in [7, 11) is 0. The number of pyridine rings is 1. The first-order valence-corrected chi connectivity index (χ1v) is 11.8. The van der Waals surface area contributed by atoms with Gasteiger partial charge in [-0.3, -0.25) is 14.7 Å². The molecule has 29 heavy (non-hydrogen) atoms. The van der Waals surface area contributed by atoms with E-state index in [0.29, 0.717) is 11.4 Å². The number of nitrogens with one attached hydrogen (secondary N) is 1. The standard InChI is InChI=1S/C22H26N4OS2/c1-15-8-11-26(12-9-15)18(19-7-5-13-28-19)14-24-21(27)20-16(2)25-22(29-20)17-6-3-4-10-23-17/h3-7,10,13,15,18H,8-9,11-12,14H2,1-2H3,(H,24,27)/t18-/m0/s1. The zero-order valence-electron chi connectivity index (χ0n) is 16.8. The van der Waals surface area contributed by atoms with Crippen LogP contribution in [0.4, 0.5) is 0 Å². The molecule has 1 aliphatic heterocycles. The predicted octanol–water partition coefficient (Wildman–Crippen LogP) is 4.78. The van der Waals surface area contributed by atoms with E-state index in [1.165, 1.54) is 29.1 Å². The quantitative estimate of drug-likeness (QED) is 0.616. The molecule has 0 spiro atoms. The molecule has 1 amide bonds. The van der Waals surface area contributed by atoms with Crippen molar-refractivity contribution in [2.24, 2.45) is 5.92 Å². The number of likely N-dealkylation sites (tertiary alicyclic amines) is 1. The van der Waals surface area contributed by atoms with E-state index in [1.807, 2.05) is 25.1 Å². The molecule has 1 saturated heterocycles. The summed E-state index contributed by atoms with van der Waals surface area (Å²) in [6.45, 7) is 7.00. The Balaban J connectivity index is 1.46. The Kier molecular flexibility index (Phi) is 6.37. The zero-order chi connectivity index (χ0) is 20.2. The van der Waals surface area contributed by atoms with Gasteiger partial charge in [0.15, 0.2) is 0 Å². The molecule has 5 nitrogen and oxygen atoms in total. The molecule has 152 valence electrons. The van der Waals surface area contributed by atoms with Crippen molar-refractivity contribution < 1.29 is 4.79 Å². The van der Waals surface area contributed by atoms with Crippen molar-refractivity contribution in [1.29, 1.82) is 0 Å². The zero-order valence-corrected chi connectivity index (χ0v) is 18.4. The summed E-state index contributed by atoms with van der Waals surface area (Å²) in [6, 6.07) is 10.2. The molecule has 1 N–H and O–H groups in total. The van der Waals surface area contributed by atoms with Gasteiger partial charge in [0, 0.05) is 17.6 Å². The fourth-order valence-electron chi connectivity index (χ4n) is 3.71. The first kappa shape index (κ1) is 20.2. The van der Waals surface area contributed by atoms with Gasteiger partial charge in [-0.05, 0) is 62.4 Å². The Hall–Kier alpha value is -2.09. The Morgan fingerprint density at radius 3 is 2.79 bits per heavy atom. The third-order valence-electron chi connectivity index (χ3n) is 5.47. The van der Waals surface area contributed by atoms with Gasteiger partial charge in [-0.25, -0.2) is 4.98 Å². The lowest BCUT2D eigenvalue weighted by atomic mass is 9.97. The Morgan fingerprint density at radius 1 is 1.28 bits per heavy atom. The first-order valence-electron chi connectivity index (χ1n) is 10.1. The van der Waals surface area contributed by atoms with Crippen LogP contribution in [-0.2, 0) is 0 Å². The summed E-state index contributed by atoms with van der Waals surface area (Å²) < 4.78 is 0. The maximum Gasteiger partial charge on any atom is 0.263 e. The van der Waals surface area contributed by atoms with Crippen LogP contribution in [0.2, 0.25) is 0 Å². The average Bonchev–Trinajstić information content (AvgIpc) is 3.40. The summed E-state index contributed by atoms with van der Waals surface area (Å²) in [4.78, 5) is 26.4. The van der Waals surface area contributed by atoms with Gasteiger partial charge >= 0.3 is 0 Å². The van der Waals surface area contributed by atoms with Gasteiger partial charge in [-0.15, -0.1) is 22.7 Å². The Labute approximate surface area is 179 Å². The van der Waals surface area contributed by atoms with Crippen LogP contribution in [-0.4, -0.2) is 40.4 Å². The van der Waals surface area contributed by atoms with Gasteiger partial charge in [-0.2, -0.15) is 0 Å². The fraction of sp³-hybridized carbons (Fsp3) is 0.409. The normalized spacial score (nSPS) is 16.6. The third kappa shape index (κ3) is 4.74.